The van der Waals surface area contributed by atoms with Gasteiger partial charge in [0.25, 0.3) is 0 Å². The Kier molecular flexibility index (Phi) is 136. The van der Waals surface area contributed by atoms with Crippen molar-refractivity contribution in [3.63, 3.8) is 0 Å². The smallest absolute Gasteiger partial charge is 0.242 e. The van der Waals surface area contributed by atoms with Gasteiger partial charge in [-0.2, -0.15) is 0 Å². The van der Waals surface area contributed by atoms with Crippen LogP contribution in [0.2, 0.25) is 0 Å². The van der Waals surface area contributed by atoms with Crippen molar-refractivity contribution >= 4 is 0 Å². The minimum atomic E-state index is -2.50. The first-order valence-corrected chi connectivity index (χ1v) is 18.7. The highest BCUT2D eigenvalue weighted by molar-refractivity contribution is 4.40. The lowest BCUT2D eigenvalue weighted by Crippen LogP contribution is -1.98. The first-order valence-electron chi connectivity index (χ1n) is 18.7. The molecule has 0 radical (unpaired) electrons. The van der Waals surface area contributed by atoms with Gasteiger partial charge in [-0.15, -0.1) is 0 Å². The summed E-state index contributed by atoms with van der Waals surface area (Å²) >= 11 is 0. The molecule has 43 heavy (non-hydrogen) atoms. The number of hydrogen-bond acceptors (Lipinski definition) is 1. The molecule has 0 bridgehead atoms. The van der Waals surface area contributed by atoms with Crippen LogP contribution in [0, 0.1) is 17.8 Å². The largest absolute Gasteiger partial charge is 0.385 e. The van der Waals surface area contributed by atoms with Crippen LogP contribution < -0.4 is 0 Å². The number of unbranched alkanes of at least 4 members (excludes halogenated alkanes) is 4. The highest BCUT2D eigenvalue weighted by Gasteiger charge is 2.08. The zero-order valence-electron chi connectivity index (χ0n) is 35.6. The predicted molar refractivity (Wildman–Crippen MR) is 208 cm³/mol. The van der Waals surface area contributed by atoms with Crippen molar-refractivity contribution in [2.75, 3.05) is 13.7 Å². The Morgan fingerprint density at radius 1 is 0.419 bits per heavy atom. The summed E-state index contributed by atoms with van der Waals surface area (Å²) < 4.78 is 26.6. The topological polar surface area (TPSA) is 9.23 Å². The maximum Gasteiger partial charge on any atom is 0.242 e. The summed E-state index contributed by atoms with van der Waals surface area (Å²) in [5.41, 5.74) is 0. The molecule has 3 heteroatoms. The van der Waals surface area contributed by atoms with Crippen LogP contribution in [0.1, 0.15) is 229 Å². The molecule has 0 aromatic heterocycles. The Hall–Kier alpha value is -0.180. The molecule has 0 aliphatic rings. The summed E-state index contributed by atoms with van der Waals surface area (Å²) in [5.74, 6) is 0.153. The fourth-order valence-electron chi connectivity index (χ4n) is 0. The maximum atomic E-state index is 11.0. The van der Waals surface area contributed by atoms with E-state index in [1.807, 2.05) is 6.92 Å². The lowest BCUT2D eigenvalue weighted by Gasteiger charge is -1.94. The fraction of sp³-hybridized carbons (Fsp3) is 1.00. The number of alkyl halides is 2. The van der Waals surface area contributed by atoms with E-state index in [-0.39, 0.29) is 0 Å². The normalized spacial score (nSPS) is 8.65. The van der Waals surface area contributed by atoms with Gasteiger partial charge in [-0.25, -0.2) is 8.78 Å². The Bertz CT molecular complexity index is 226. The first-order chi connectivity index (χ1) is 19.8. The molecule has 0 atom stereocenters. The summed E-state index contributed by atoms with van der Waals surface area (Å²) in [4.78, 5) is 0. The molecule has 0 saturated carbocycles. The molecule has 0 fully saturated rings. The van der Waals surface area contributed by atoms with Gasteiger partial charge in [0, 0.05) is 13.7 Å². The van der Waals surface area contributed by atoms with Gasteiger partial charge in [-0.05, 0) is 38.5 Å². The third-order valence-electron chi connectivity index (χ3n) is 4.74. The summed E-state index contributed by atoms with van der Waals surface area (Å²) in [6.07, 6.45) is 15.7. The SMILES string of the molecule is CC(C)(F)F.CCC.CCC(C)C.CCC(C)C.CCC(C)C.CCCC.CCCC.CCCC.CCCC.CCOC. The molecule has 0 spiro atoms. The van der Waals surface area contributed by atoms with Crippen LogP contribution in [0.3, 0.4) is 0 Å². The van der Waals surface area contributed by atoms with E-state index in [0.29, 0.717) is 0 Å². The summed E-state index contributed by atoms with van der Waals surface area (Å²) in [5, 5.41) is 0. The maximum absolute atomic E-state index is 11.0. The second kappa shape index (κ2) is 83.9. The molecular formula is C40H98F2O. The van der Waals surface area contributed by atoms with Crippen molar-refractivity contribution in [1.82, 2.24) is 0 Å². The van der Waals surface area contributed by atoms with E-state index in [4.69, 9.17) is 0 Å². The van der Waals surface area contributed by atoms with Crippen LogP contribution in [0.15, 0.2) is 0 Å². The predicted octanol–water partition coefficient (Wildman–Crippen LogP) is 17.1. The quantitative estimate of drug-likeness (QED) is 0.259. The van der Waals surface area contributed by atoms with Crippen molar-refractivity contribution < 1.29 is 13.5 Å². The average Bonchev–Trinajstić information content (AvgIpc) is 2.97. The Morgan fingerprint density at radius 3 is 0.488 bits per heavy atom. The first kappa shape index (κ1) is 69.5. The van der Waals surface area contributed by atoms with Crippen molar-refractivity contribution in [2.45, 2.75) is 235 Å². The molecule has 0 aliphatic heterocycles. The molecular weight excluding hydrogens is 534 g/mol. The summed E-state index contributed by atoms with van der Waals surface area (Å²) in [6, 6.07) is 0. The molecule has 0 saturated heterocycles. The molecule has 0 amide bonds. The molecule has 0 aliphatic carbocycles. The van der Waals surface area contributed by atoms with Gasteiger partial charge in [0.15, 0.2) is 0 Å². The molecule has 0 unspecified atom stereocenters. The van der Waals surface area contributed by atoms with E-state index in [1.54, 1.807) is 7.11 Å². The molecule has 0 rings (SSSR count). The Balaban J connectivity index is -0.0000000353. The number of halogens is 2. The Labute approximate surface area is 279 Å². The van der Waals surface area contributed by atoms with Gasteiger partial charge in [0.1, 0.15) is 0 Å². The molecule has 1 nitrogen and oxygen atoms in total. The van der Waals surface area contributed by atoms with Gasteiger partial charge < -0.3 is 4.74 Å². The van der Waals surface area contributed by atoms with Crippen LogP contribution in [0.4, 0.5) is 8.78 Å². The van der Waals surface area contributed by atoms with Crippen LogP contribution in [-0.2, 0) is 4.74 Å². The fourth-order valence-corrected chi connectivity index (χ4v) is 0. The highest BCUT2D eigenvalue weighted by Crippen LogP contribution is 2.06. The molecule has 0 aromatic carbocycles. The summed E-state index contributed by atoms with van der Waals surface area (Å²) in [7, 11) is 1.68. The number of methoxy groups -OCH3 is 1. The lowest BCUT2D eigenvalue weighted by molar-refractivity contribution is 0.0437. The van der Waals surface area contributed by atoms with Crippen molar-refractivity contribution in [1.29, 1.82) is 0 Å². The van der Waals surface area contributed by atoms with E-state index >= 15 is 0 Å². The number of rotatable bonds is 8. The number of hydrogen-bond donors (Lipinski definition) is 0. The van der Waals surface area contributed by atoms with Crippen molar-refractivity contribution in [3.8, 4) is 0 Å². The zero-order chi connectivity index (χ0) is 37.1. The monoisotopic (exact) mass is 633 g/mol. The van der Waals surface area contributed by atoms with Crippen LogP contribution in [-0.4, -0.2) is 19.6 Å². The second-order valence-electron chi connectivity index (χ2n) is 12.0. The third-order valence-corrected chi connectivity index (χ3v) is 4.74. The van der Waals surface area contributed by atoms with E-state index in [1.165, 1.54) is 77.0 Å². The van der Waals surface area contributed by atoms with Crippen LogP contribution in [0.5, 0.6) is 0 Å². The Morgan fingerprint density at radius 2 is 0.488 bits per heavy atom. The van der Waals surface area contributed by atoms with Gasteiger partial charge in [0.05, 0.1) is 0 Å². The average molecular weight is 633 g/mol. The third kappa shape index (κ3) is 566. The van der Waals surface area contributed by atoms with Gasteiger partial charge >= 0.3 is 0 Å². The minimum Gasteiger partial charge on any atom is -0.385 e. The van der Waals surface area contributed by atoms with Crippen LogP contribution >= 0.6 is 0 Å². The van der Waals surface area contributed by atoms with E-state index in [2.05, 4.69) is 136 Å². The second-order valence-corrected chi connectivity index (χ2v) is 12.0. The molecule has 0 heterocycles. The molecule has 0 N–H and O–H groups in total. The molecule has 278 valence electrons. The zero-order valence-corrected chi connectivity index (χ0v) is 35.6. The van der Waals surface area contributed by atoms with Crippen molar-refractivity contribution in [2.24, 2.45) is 17.8 Å². The standard InChI is InChI=1S/3C5H12.4C4H10.C3H6F2.C3H8O.C3H8/c3*1-4-5(2)3;4*1-3-4-2;1-3(2,4)5;1-3-4-2;1-3-2/h3*5H,4H2,1-3H3;4*3-4H2,1-2H3;1-2H3;3H2,1-2H3;3H2,1-2H3. The molecule has 0 aromatic rings. The summed E-state index contributed by atoms with van der Waals surface area (Å²) in [6.45, 7) is 46.1. The van der Waals surface area contributed by atoms with Gasteiger partial charge in [-0.3, -0.25) is 0 Å². The van der Waals surface area contributed by atoms with E-state index < -0.39 is 5.92 Å². The lowest BCUT2D eigenvalue weighted by atomic mass is 10.2. The number of ether oxygens (including phenoxy) is 1. The van der Waals surface area contributed by atoms with E-state index in [0.717, 1.165) is 38.2 Å². The van der Waals surface area contributed by atoms with Gasteiger partial charge in [0.2, 0.25) is 5.92 Å². The highest BCUT2D eigenvalue weighted by atomic mass is 19.3. The van der Waals surface area contributed by atoms with Gasteiger partial charge in [-0.1, -0.05) is 209 Å². The minimum absolute atomic E-state index is 0.819. The van der Waals surface area contributed by atoms with Crippen molar-refractivity contribution in [3.05, 3.63) is 0 Å². The van der Waals surface area contributed by atoms with E-state index in [9.17, 15) is 8.78 Å². The van der Waals surface area contributed by atoms with Crippen LogP contribution in [0.25, 0.3) is 0 Å².